The molecule has 0 saturated carbocycles. The monoisotopic (exact) mass is 691 g/mol. The first-order chi connectivity index (χ1) is 24.8. The topological polar surface area (TPSA) is 135 Å². The van der Waals surface area contributed by atoms with Crippen LogP contribution in [0.5, 0.6) is 5.75 Å². The highest BCUT2D eigenvalue weighted by Gasteiger charge is 2.74. The lowest BCUT2D eigenvalue weighted by atomic mass is 9.74. The number of methoxy groups -OCH3 is 1. The maximum Gasteiger partial charge on any atom is 0.313 e. The Labute approximate surface area is 296 Å². The summed E-state index contributed by atoms with van der Waals surface area (Å²) in [5.41, 5.74) is 0.615. The predicted octanol–water partition coefficient (Wildman–Crippen LogP) is 3.53. The van der Waals surface area contributed by atoms with Crippen molar-refractivity contribution in [1.82, 2.24) is 10.2 Å². The molecule has 7 rings (SSSR count). The van der Waals surface area contributed by atoms with E-state index >= 15 is 4.79 Å². The second-order valence-electron chi connectivity index (χ2n) is 13.3. The minimum atomic E-state index is -1.49. The molecule has 1 spiro atoms. The molecule has 51 heavy (non-hydrogen) atoms. The van der Waals surface area contributed by atoms with Crippen LogP contribution in [-0.2, 0) is 35.1 Å². The molecular weight excluding hydrogens is 650 g/mol. The van der Waals surface area contributed by atoms with E-state index in [1.54, 1.807) is 48.4 Å². The standard InChI is InChI=1S/C40H41N3O8/c1-49-30-18-16-28(17-19-30)42-22-10-4-9-15-33(45)41-24-32(27-13-7-3-8-14-27)50-39(48)34-31-20-21-40(51-31)35(34)37(46)43(36(40)38(42)47)29(25-44)23-26-11-5-2-6-12-26/h2-8,10-14,16-21,29,31-32,34-36,44H,9,15,22-25H2,1H3,(H,41,45)/b10-4-/t29-,31-,32-,34+,35+,36-,40+/m1/s1. The van der Waals surface area contributed by atoms with Crippen LogP contribution in [0, 0.1) is 11.8 Å². The number of amides is 3. The van der Waals surface area contributed by atoms with E-state index in [4.69, 9.17) is 14.2 Å². The number of anilines is 1. The zero-order valence-corrected chi connectivity index (χ0v) is 28.3. The van der Waals surface area contributed by atoms with Gasteiger partial charge in [0.25, 0.3) is 5.91 Å². The maximum absolute atomic E-state index is 15.2. The average Bonchev–Trinajstić information content (AvgIpc) is 3.81. The van der Waals surface area contributed by atoms with Gasteiger partial charge in [0.05, 0.1) is 38.3 Å². The zero-order chi connectivity index (χ0) is 35.5. The molecule has 2 fully saturated rings. The molecule has 5 bridgehead atoms. The number of aliphatic hydroxyl groups is 1. The van der Waals surface area contributed by atoms with Crippen LogP contribution in [0.1, 0.15) is 30.1 Å². The molecule has 3 aromatic carbocycles. The van der Waals surface area contributed by atoms with Crippen LogP contribution in [0.15, 0.2) is 109 Å². The number of cyclic esters (lactones) is 1. The SMILES string of the molecule is COc1ccc(N2C/C=C\CCC(=O)NC[C@H](c3ccccc3)OC(=O)[C@@H]3[C@H]4C(=O)N([C@@H](CO)Cc5ccccc5)[C@H](C2=O)[C@]42C=C[C@H]3O2)cc1. The molecule has 0 aromatic heterocycles. The number of hydrogen-bond acceptors (Lipinski definition) is 8. The van der Waals surface area contributed by atoms with Crippen LogP contribution < -0.4 is 15.0 Å². The van der Waals surface area contributed by atoms with E-state index < -0.39 is 66.1 Å². The van der Waals surface area contributed by atoms with Gasteiger partial charge < -0.3 is 34.4 Å². The Morgan fingerprint density at radius 3 is 2.37 bits per heavy atom. The second kappa shape index (κ2) is 14.5. The molecule has 4 aliphatic heterocycles. The van der Waals surface area contributed by atoms with Crippen LogP contribution in [-0.4, -0.2) is 84.3 Å². The number of benzene rings is 3. The van der Waals surface area contributed by atoms with Gasteiger partial charge in [-0.25, -0.2) is 0 Å². The molecule has 11 nitrogen and oxygen atoms in total. The summed E-state index contributed by atoms with van der Waals surface area (Å²) in [6, 6.07) is 23.6. The number of rotatable bonds is 7. The average molecular weight is 692 g/mol. The van der Waals surface area contributed by atoms with Gasteiger partial charge in [-0.05, 0) is 48.2 Å². The Hall–Kier alpha value is -5.26. The number of likely N-dealkylation sites (tertiary alicyclic amines) is 1. The molecule has 264 valence electrons. The van der Waals surface area contributed by atoms with Gasteiger partial charge in [0, 0.05) is 18.7 Å². The molecule has 0 aliphatic carbocycles. The van der Waals surface area contributed by atoms with Crippen molar-refractivity contribution in [3.05, 3.63) is 120 Å². The number of carbonyl (C=O) groups excluding carboxylic acids is 4. The van der Waals surface area contributed by atoms with Gasteiger partial charge in [-0.1, -0.05) is 85.0 Å². The van der Waals surface area contributed by atoms with Gasteiger partial charge in [-0.2, -0.15) is 0 Å². The molecule has 3 aromatic rings. The van der Waals surface area contributed by atoms with Gasteiger partial charge in [-0.3, -0.25) is 19.2 Å². The van der Waals surface area contributed by atoms with Gasteiger partial charge >= 0.3 is 5.97 Å². The van der Waals surface area contributed by atoms with Crippen LogP contribution in [0.3, 0.4) is 0 Å². The third-order valence-corrected chi connectivity index (χ3v) is 10.3. The van der Waals surface area contributed by atoms with Crippen LogP contribution in [0.4, 0.5) is 5.69 Å². The Balaban J connectivity index is 1.33. The number of aliphatic hydroxyl groups excluding tert-OH is 1. The van der Waals surface area contributed by atoms with Crippen molar-refractivity contribution in [2.75, 3.05) is 31.7 Å². The highest BCUT2D eigenvalue weighted by Crippen LogP contribution is 2.56. The van der Waals surface area contributed by atoms with E-state index in [0.717, 1.165) is 5.56 Å². The minimum absolute atomic E-state index is 0.0400. The smallest absolute Gasteiger partial charge is 0.313 e. The number of nitrogens with one attached hydrogen (secondary N) is 1. The fourth-order valence-corrected chi connectivity index (χ4v) is 7.84. The quantitative estimate of drug-likeness (QED) is 0.284. The van der Waals surface area contributed by atoms with E-state index in [-0.39, 0.29) is 31.8 Å². The molecule has 0 radical (unpaired) electrons. The second-order valence-corrected chi connectivity index (χ2v) is 13.3. The van der Waals surface area contributed by atoms with E-state index in [1.165, 1.54) is 4.90 Å². The zero-order valence-electron chi connectivity index (χ0n) is 28.3. The normalized spacial score (nSPS) is 29.0. The Morgan fingerprint density at radius 1 is 0.941 bits per heavy atom. The van der Waals surface area contributed by atoms with E-state index in [2.05, 4.69) is 5.32 Å². The summed E-state index contributed by atoms with van der Waals surface area (Å²) in [7, 11) is 1.56. The lowest BCUT2D eigenvalue weighted by Crippen LogP contribution is -2.59. The number of ether oxygens (including phenoxy) is 3. The molecule has 4 aliphatic rings. The van der Waals surface area contributed by atoms with Gasteiger partial charge in [-0.15, -0.1) is 0 Å². The number of carbonyl (C=O) groups is 4. The third kappa shape index (κ3) is 6.43. The number of fused-ring (bicyclic) bond motifs is 2. The fourth-order valence-electron chi connectivity index (χ4n) is 7.84. The minimum Gasteiger partial charge on any atom is -0.497 e. The van der Waals surface area contributed by atoms with Crippen molar-refractivity contribution < 1.29 is 38.5 Å². The van der Waals surface area contributed by atoms with Gasteiger partial charge in [0.2, 0.25) is 11.8 Å². The summed E-state index contributed by atoms with van der Waals surface area (Å²) in [5.74, 6) is -3.33. The fraction of sp³-hybridized carbons (Fsp3) is 0.350. The van der Waals surface area contributed by atoms with Crippen LogP contribution in [0.2, 0.25) is 0 Å². The first-order valence-electron chi connectivity index (χ1n) is 17.3. The van der Waals surface area contributed by atoms with Crippen molar-refractivity contribution in [1.29, 1.82) is 0 Å². The first-order valence-corrected chi connectivity index (χ1v) is 17.3. The van der Waals surface area contributed by atoms with Crippen LogP contribution >= 0.6 is 0 Å². The predicted molar refractivity (Wildman–Crippen MR) is 187 cm³/mol. The van der Waals surface area contributed by atoms with Crippen LogP contribution in [0.25, 0.3) is 0 Å². The van der Waals surface area contributed by atoms with Gasteiger partial charge in [0.1, 0.15) is 29.4 Å². The molecule has 4 heterocycles. The summed E-state index contributed by atoms with van der Waals surface area (Å²) in [6.45, 7) is -0.255. The number of allylic oxidation sites excluding steroid dienone is 1. The van der Waals surface area contributed by atoms with Crippen molar-refractivity contribution >= 4 is 29.4 Å². The highest BCUT2D eigenvalue weighted by atomic mass is 16.6. The lowest BCUT2D eigenvalue weighted by Gasteiger charge is -2.39. The lowest BCUT2D eigenvalue weighted by molar-refractivity contribution is -0.160. The summed E-state index contributed by atoms with van der Waals surface area (Å²) in [5, 5.41) is 13.8. The molecule has 2 N–H and O–H groups in total. The molecule has 11 heteroatoms. The third-order valence-electron chi connectivity index (χ3n) is 10.3. The van der Waals surface area contributed by atoms with Gasteiger partial charge in [0.15, 0.2) is 0 Å². The largest absolute Gasteiger partial charge is 0.497 e. The number of hydrogen-bond donors (Lipinski definition) is 2. The summed E-state index contributed by atoms with van der Waals surface area (Å²) in [6.07, 6.45) is 6.37. The van der Waals surface area contributed by atoms with Crippen molar-refractivity contribution in [2.45, 2.75) is 49.2 Å². The summed E-state index contributed by atoms with van der Waals surface area (Å²) in [4.78, 5) is 60.2. The van der Waals surface area contributed by atoms with Crippen molar-refractivity contribution in [2.24, 2.45) is 11.8 Å². The maximum atomic E-state index is 15.2. The summed E-state index contributed by atoms with van der Waals surface area (Å²) >= 11 is 0. The Morgan fingerprint density at radius 2 is 1.67 bits per heavy atom. The first kappa shape index (κ1) is 34.2. The van der Waals surface area contributed by atoms with Crippen molar-refractivity contribution in [3.63, 3.8) is 0 Å². The Kier molecular flexibility index (Phi) is 9.75. The highest BCUT2D eigenvalue weighted by molar-refractivity contribution is 6.05. The van der Waals surface area contributed by atoms with Crippen molar-refractivity contribution in [3.8, 4) is 5.75 Å². The molecule has 7 atom stereocenters. The molecule has 2 saturated heterocycles. The van der Waals surface area contributed by atoms with E-state index in [1.807, 2.05) is 72.8 Å². The molecular formula is C40H41N3O8. The molecule has 0 unspecified atom stereocenters. The Bertz CT molecular complexity index is 1810. The molecule has 3 amide bonds. The number of esters is 1. The van der Waals surface area contributed by atoms with E-state index in [0.29, 0.717) is 23.4 Å². The summed E-state index contributed by atoms with van der Waals surface area (Å²) < 4.78 is 18.1. The van der Waals surface area contributed by atoms with E-state index in [9.17, 15) is 19.5 Å². The number of nitrogens with zero attached hydrogens (tertiary/aromatic N) is 2.